The normalized spacial score (nSPS) is 17.6. The molecule has 252 valence electrons. The Kier molecular flexibility index (Phi) is 14.6. The Morgan fingerprint density at radius 3 is 2.43 bits per heavy atom. The highest BCUT2D eigenvalue weighted by molar-refractivity contribution is 6.11. The molecule has 0 bridgehead atoms. The number of rotatable bonds is 11. The number of benzene rings is 1. The maximum atomic E-state index is 12.4. The summed E-state index contributed by atoms with van der Waals surface area (Å²) in [6.07, 6.45) is 12.0. The van der Waals surface area contributed by atoms with Crippen LogP contribution in [0.5, 0.6) is 5.75 Å². The number of aliphatic imine (C=N–C) groups is 1. The van der Waals surface area contributed by atoms with E-state index in [2.05, 4.69) is 37.8 Å². The van der Waals surface area contributed by atoms with Gasteiger partial charge < -0.3 is 25.8 Å². The number of hydrogen-bond acceptors (Lipinski definition) is 8. The standard InChI is InChI=1S/C23H27N5O3.C12H17NO.C2H6/c1-5-14(12-24-2)17-7-6-8-18(21(17)31-4)28-19-11-16(27-22(29)15-9-10-15)13-26-20(19)23(30)25-3;1-2-9-7-10(8-9)12(14)11-5-3-4-6-13-11;1-2/h5-8,11-13,15,28H,9-10H2,1-4H3,(H,25,30)(H,27,29);3-6,9-10,12,14H,2,7-8H2,1H3;1-2H3/b14-5+,24-12?;;. The van der Waals surface area contributed by atoms with Crippen molar-refractivity contribution in [1.29, 1.82) is 0 Å². The molecule has 2 amide bonds. The molecule has 47 heavy (non-hydrogen) atoms. The fraction of sp³-hybridized carbons (Fsp3) is 0.432. The van der Waals surface area contributed by atoms with Gasteiger partial charge in [-0.1, -0.05) is 51.5 Å². The van der Waals surface area contributed by atoms with Gasteiger partial charge in [0.1, 0.15) is 5.75 Å². The van der Waals surface area contributed by atoms with Gasteiger partial charge in [-0.25, -0.2) is 4.98 Å². The zero-order chi connectivity index (χ0) is 34.3. The first-order valence-electron chi connectivity index (χ1n) is 16.5. The molecule has 1 unspecified atom stereocenters. The molecule has 0 radical (unpaired) electrons. The topological polar surface area (TPSA) is 138 Å². The smallest absolute Gasteiger partial charge is 0.271 e. The third-order valence-electron chi connectivity index (χ3n) is 8.21. The molecule has 1 atom stereocenters. The number of carbonyl (C=O) groups excluding carboxylic acids is 2. The summed E-state index contributed by atoms with van der Waals surface area (Å²) < 4.78 is 5.68. The average Bonchev–Trinajstić information content (AvgIpc) is 3.94. The second-order valence-corrected chi connectivity index (χ2v) is 11.3. The molecule has 0 aliphatic heterocycles. The van der Waals surface area contributed by atoms with Crippen molar-refractivity contribution < 1.29 is 19.4 Å². The monoisotopic (exact) mass is 642 g/mol. The lowest BCUT2D eigenvalue weighted by Crippen LogP contribution is -2.28. The van der Waals surface area contributed by atoms with Gasteiger partial charge in [-0.05, 0) is 74.3 Å². The number of methoxy groups -OCH3 is 1. The summed E-state index contributed by atoms with van der Waals surface area (Å²) in [6.45, 7) is 8.14. The fourth-order valence-electron chi connectivity index (χ4n) is 5.35. The van der Waals surface area contributed by atoms with Crippen molar-refractivity contribution in [3.8, 4) is 5.75 Å². The molecule has 2 aliphatic rings. The Morgan fingerprint density at radius 1 is 1.11 bits per heavy atom. The first-order chi connectivity index (χ1) is 22.8. The summed E-state index contributed by atoms with van der Waals surface area (Å²) in [5.74, 6) is 1.56. The lowest BCUT2D eigenvalue weighted by atomic mass is 9.70. The molecular formula is C37H50N6O4. The second kappa shape index (κ2) is 18.5. The Morgan fingerprint density at radius 2 is 1.85 bits per heavy atom. The molecule has 0 saturated heterocycles. The van der Waals surface area contributed by atoms with E-state index in [9.17, 15) is 14.7 Å². The van der Waals surface area contributed by atoms with Crippen LogP contribution in [0.2, 0.25) is 0 Å². The molecule has 2 saturated carbocycles. The van der Waals surface area contributed by atoms with E-state index in [0.29, 0.717) is 28.7 Å². The van der Waals surface area contributed by atoms with Crippen LogP contribution in [0.3, 0.4) is 0 Å². The minimum atomic E-state index is -0.348. The van der Waals surface area contributed by atoms with E-state index in [1.54, 1.807) is 39.7 Å². The Balaban J connectivity index is 0.000000311. The summed E-state index contributed by atoms with van der Waals surface area (Å²) in [4.78, 5) is 37.1. The number of nitrogens with zero attached hydrogens (tertiary/aromatic N) is 3. The number of aliphatic hydroxyl groups excluding tert-OH is 1. The maximum Gasteiger partial charge on any atom is 0.271 e. The van der Waals surface area contributed by atoms with Crippen LogP contribution < -0.4 is 20.7 Å². The molecule has 1 aromatic carbocycles. The van der Waals surface area contributed by atoms with Gasteiger partial charge in [0, 0.05) is 38.0 Å². The number of hydrogen-bond donors (Lipinski definition) is 4. The highest BCUT2D eigenvalue weighted by atomic mass is 16.5. The van der Waals surface area contributed by atoms with Crippen LogP contribution in [-0.4, -0.2) is 54.3 Å². The largest absolute Gasteiger partial charge is 0.494 e. The zero-order valence-electron chi connectivity index (χ0n) is 28.7. The predicted octanol–water partition coefficient (Wildman–Crippen LogP) is 7.22. The van der Waals surface area contributed by atoms with Gasteiger partial charge in [-0.15, -0.1) is 0 Å². The number of ether oxygens (including phenoxy) is 1. The third kappa shape index (κ3) is 9.96. The van der Waals surface area contributed by atoms with Crippen molar-refractivity contribution in [3.05, 3.63) is 77.9 Å². The summed E-state index contributed by atoms with van der Waals surface area (Å²) in [7, 11) is 4.84. The van der Waals surface area contributed by atoms with E-state index in [1.165, 1.54) is 12.6 Å². The number of nitrogens with one attached hydrogen (secondary N) is 3. The van der Waals surface area contributed by atoms with Crippen molar-refractivity contribution in [3.63, 3.8) is 0 Å². The maximum absolute atomic E-state index is 12.4. The number of para-hydroxylation sites is 1. The molecule has 2 aromatic heterocycles. The van der Waals surface area contributed by atoms with E-state index in [4.69, 9.17) is 4.74 Å². The number of pyridine rings is 2. The van der Waals surface area contributed by atoms with Gasteiger partial charge in [0.2, 0.25) is 5.91 Å². The van der Waals surface area contributed by atoms with Crippen molar-refractivity contribution >= 4 is 40.7 Å². The van der Waals surface area contributed by atoms with Gasteiger partial charge in [0.25, 0.3) is 5.91 Å². The lowest BCUT2D eigenvalue weighted by molar-refractivity contribution is -0.117. The van der Waals surface area contributed by atoms with E-state index in [1.807, 2.05) is 63.2 Å². The van der Waals surface area contributed by atoms with Crippen LogP contribution in [0.4, 0.5) is 17.1 Å². The van der Waals surface area contributed by atoms with Crippen LogP contribution in [-0.2, 0) is 4.79 Å². The van der Waals surface area contributed by atoms with E-state index < -0.39 is 0 Å². The number of aliphatic hydroxyl groups is 1. The van der Waals surface area contributed by atoms with Crippen molar-refractivity contribution in [1.82, 2.24) is 15.3 Å². The quantitative estimate of drug-likeness (QED) is 0.162. The van der Waals surface area contributed by atoms with Crippen molar-refractivity contribution in [2.45, 2.75) is 65.9 Å². The molecular weight excluding hydrogens is 592 g/mol. The fourth-order valence-corrected chi connectivity index (χ4v) is 5.35. The zero-order valence-corrected chi connectivity index (χ0v) is 28.7. The molecule has 5 rings (SSSR count). The number of carbonyl (C=O) groups is 2. The van der Waals surface area contributed by atoms with Crippen LogP contribution in [0, 0.1) is 17.8 Å². The Hall–Kier alpha value is -4.57. The molecule has 2 heterocycles. The summed E-state index contributed by atoms with van der Waals surface area (Å²) in [5, 5.41) is 18.7. The molecule has 10 heteroatoms. The Labute approximate surface area is 279 Å². The summed E-state index contributed by atoms with van der Waals surface area (Å²) in [6, 6.07) is 13.1. The molecule has 10 nitrogen and oxygen atoms in total. The first kappa shape index (κ1) is 36.9. The van der Waals surface area contributed by atoms with Gasteiger partial charge in [-0.3, -0.25) is 19.6 Å². The molecule has 4 N–H and O–H groups in total. The number of aromatic nitrogens is 2. The second-order valence-electron chi connectivity index (χ2n) is 11.3. The van der Waals surface area contributed by atoms with E-state index in [0.717, 1.165) is 48.4 Å². The van der Waals surface area contributed by atoms with Crippen LogP contribution >= 0.6 is 0 Å². The lowest BCUT2D eigenvalue weighted by Gasteiger charge is -2.37. The van der Waals surface area contributed by atoms with Crippen LogP contribution in [0.1, 0.15) is 87.6 Å². The summed E-state index contributed by atoms with van der Waals surface area (Å²) >= 11 is 0. The van der Waals surface area contributed by atoms with Gasteiger partial charge in [-0.2, -0.15) is 0 Å². The molecule has 2 aliphatic carbocycles. The molecule has 3 aromatic rings. The highest BCUT2D eigenvalue weighted by Gasteiger charge is 2.34. The van der Waals surface area contributed by atoms with Gasteiger partial charge in [0.05, 0.1) is 42.2 Å². The van der Waals surface area contributed by atoms with E-state index in [-0.39, 0.29) is 29.5 Å². The first-order valence-corrected chi connectivity index (χ1v) is 16.5. The van der Waals surface area contributed by atoms with Gasteiger partial charge >= 0.3 is 0 Å². The predicted molar refractivity (Wildman–Crippen MR) is 190 cm³/mol. The van der Waals surface area contributed by atoms with Crippen molar-refractivity contribution in [2.24, 2.45) is 22.7 Å². The minimum absolute atomic E-state index is 0.0309. The third-order valence-corrected chi connectivity index (χ3v) is 8.21. The van der Waals surface area contributed by atoms with Gasteiger partial charge in [0.15, 0.2) is 5.69 Å². The molecule has 2 fully saturated rings. The highest BCUT2D eigenvalue weighted by Crippen LogP contribution is 2.43. The van der Waals surface area contributed by atoms with Crippen molar-refractivity contribution in [2.75, 3.05) is 31.8 Å². The Bertz CT molecular complexity index is 1510. The van der Waals surface area contributed by atoms with E-state index >= 15 is 0 Å². The number of amides is 2. The van der Waals surface area contributed by atoms with Crippen LogP contribution in [0.15, 0.2) is 65.9 Å². The number of anilines is 3. The summed E-state index contributed by atoms with van der Waals surface area (Å²) in [5.41, 5.74) is 4.42. The SMILES string of the molecule is C/C=C(\C=NC)c1cccc(Nc2cc(NC(=O)C3CC3)cnc2C(=O)NC)c1OC.CC.CCC1CC(C(O)c2ccccn2)C1. The average molecular weight is 643 g/mol. The van der Waals surface area contributed by atoms with Crippen LogP contribution in [0.25, 0.3) is 5.57 Å². The minimum Gasteiger partial charge on any atom is -0.494 e. The number of allylic oxidation sites excluding steroid dienone is 2. The molecule has 0 spiro atoms.